The van der Waals surface area contributed by atoms with Crippen LogP contribution in [0.25, 0.3) is 5.70 Å². The van der Waals surface area contributed by atoms with Gasteiger partial charge in [-0.25, -0.2) is 4.98 Å². The SMILES string of the molecule is O=C1CN=C(n2cnc(C3CCC3)c2)C=C2c3cccc(N4CCOCC4)c3CCN12. The number of benzene rings is 1. The first-order valence-electron chi connectivity index (χ1n) is 11.3. The molecule has 2 fully saturated rings. The van der Waals surface area contributed by atoms with E-state index in [0.717, 1.165) is 55.5 Å². The highest BCUT2D eigenvalue weighted by atomic mass is 16.5. The quantitative estimate of drug-likeness (QED) is 0.754. The first-order chi connectivity index (χ1) is 15.3. The van der Waals surface area contributed by atoms with E-state index in [1.807, 2.05) is 15.8 Å². The fourth-order valence-electron chi connectivity index (χ4n) is 5.02. The highest BCUT2D eigenvalue weighted by Crippen LogP contribution is 2.37. The molecule has 0 radical (unpaired) electrons. The summed E-state index contributed by atoms with van der Waals surface area (Å²) in [6, 6.07) is 6.45. The van der Waals surface area contributed by atoms with Crippen LogP contribution in [0.15, 0.2) is 41.8 Å². The lowest BCUT2D eigenvalue weighted by molar-refractivity contribution is -0.126. The Morgan fingerprint density at radius 2 is 1.97 bits per heavy atom. The molecule has 1 aromatic heterocycles. The van der Waals surface area contributed by atoms with E-state index in [9.17, 15) is 4.79 Å². The summed E-state index contributed by atoms with van der Waals surface area (Å²) in [4.78, 5) is 26.5. The number of morpholine rings is 1. The first kappa shape index (κ1) is 18.8. The van der Waals surface area contributed by atoms with Gasteiger partial charge in [-0.2, -0.15) is 0 Å². The molecule has 4 aliphatic rings. The predicted molar refractivity (Wildman–Crippen MR) is 119 cm³/mol. The Labute approximate surface area is 182 Å². The second-order valence-corrected chi connectivity index (χ2v) is 8.74. The fourth-order valence-corrected chi connectivity index (χ4v) is 5.02. The Kier molecular flexibility index (Phi) is 4.64. The van der Waals surface area contributed by atoms with Crippen molar-refractivity contribution >= 4 is 23.1 Å². The van der Waals surface area contributed by atoms with E-state index in [1.165, 1.54) is 30.5 Å². The van der Waals surface area contributed by atoms with Crippen molar-refractivity contribution in [1.82, 2.24) is 14.5 Å². The largest absolute Gasteiger partial charge is 0.378 e. The molecule has 1 saturated heterocycles. The fraction of sp³-hybridized carbons (Fsp3) is 0.458. The van der Waals surface area contributed by atoms with Crippen LogP contribution in [0.2, 0.25) is 0 Å². The number of amides is 1. The van der Waals surface area contributed by atoms with Gasteiger partial charge in [0, 0.05) is 49.1 Å². The zero-order chi connectivity index (χ0) is 20.8. The summed E-state index contributed by atoms with van der Waals surface area (Å²) in [6.45, 7) is 4.20. The van der Waals surface area contributed by atoms with Gasteiger partial charge in [0.1, 0.15) is 18.7 Å². The summed E-state index contributed by atoms with van der Waals surface area (Å²) >= 11 is 0. The Bertz CT molecular complexity index is 1080. The van der Waals surface area contributed by atoms with Crippen LogP contribution in [-0.2, 0) is 16.0 Å². The van der Waals surface area contributed by atoms with Gasteiger partial charge in [0.2, 0.25) is 5.91 Å². The van der Waals surface area contributed by atoms with E-state index < -0.39 is 0 Å². The van der Waals surface area contributed by atoms with Crippen molar-refractivity contribution in [3.8, 4) is 0 Å². The number of allylic oxidation sites excluding steroid dienone is 1. The molecule has 1 amide bonds. The van der Waals surface area contributed by atoms with Gasteiger partial charge >= 0.3 is 0 Å². The van der Waals surface area contributed by atoms with Crippen molar-refractivity contribution in [3.63, 3.8) is 0 Å². The van der Waals surface area contributed by atoms with E-state index >= 15 is 0 Å². The van der Waals surface area contributed by atoms with Crippen LogP contribution < -0.4 is 4.90 Å². The van der Waals surface area contributed by atoms with Crippen LogP contribution in [0, 0.1) is 0 Å². The van der Waals surface area contributed by atoms with Crippen LogP contribution in [0.1, 0.15) is 42.0 Å². The van der Waals surface area contributed by atoms with Gasteiger partial charge in [-0.1, -0.05) is 18.6 Å². The highest BCUT2D eigenvalue weighted by Gasteiger charge is 2.31. The Morgan fingerprint density at radius 3 is 2.77 bits per heavy atom. The number of ether oxygens (including phenoxy) is 1. The average molecular weight is 418 g/mol. The maximum atomic E-state index is 12.9. The van der Waals surface area contributed by atoms with E-state index in [2.05, 4.69) is 45.3 Å². The minimum atomic E-state index is 0.0583. The summed E-state index contributed by atoms with van der Waals surface area (Å²) in [5.41, 5.74) is 5.82. The van der Waals surface area contributed by atoms with Gasteiger partial charge in [0.25, 0.3) is 0 Å². The normalized spacial score (nSPS) is 21.6. The summed E-state index contributed by atoms with van der Waals surface area (Å²) in [7, 11) is 0. The van der Waals surface area contributed by atoms with Crippen molar-refractivity contribution in [1.29, 1.82) is 0 Å². The van der Waals surface area contributed by atoms with E-state index in [4.69, 9.17) is 4.74 Å². The maximum absolute atomic E-state index is 12.9. The minimum Gasteiger partial charge on any atom is -0.378 e. The molecule has 6 rings (SSSR count). The Morgan fingerprint density at radius 1 is 1.10 bits per heavy atom. The van der Waals surface area contributed by atoms with Crippen LogP contribution in [-0.4, -0.2) is 65.6 Å². The molecule has 0 bridgehead atoms. The molecule has 0 unspecified atom stereocenters. The zero-order valence-corrected chi connectivity index (χ0v) is 17.7. The number of fused-ring (bicyclic) bond motifs is 3. The maximum Gasteiger partial charge on any atom is 0.248 e. The molecule has 7 heteroatoms. The number of nitrogens with zero attached hydrogens (tertiary/aromatic N) is 5. The molecule has 0 atom stereocenters. The number of imidazole rings is 1. The van der Waals surface area contributed by atoms with Gasteiger partial charge in [0.15, 0.2) is 0 Å². The zero-order valence-electron chi connectivity index (χ0n) is 17.7. The molecule has 160 valence electrons. The van der Waals surface area contributed by atoms with Crippen LogP contribution in [0.5, 0.6) is 0 Å². The number of aliphatic imine (C=N–C) groups is 1. The molecule has 1 aromatic carbocycles. The third-order valence-corrected chi connectivity index (χ3v) is 6.99. The molecule has 3 aliphatic heterocycles. The first-order valence-corrected chi connectivity index (χ1v) is 11.3. The molecule has 0 spiro atoms. The van der Waals surface area contributed by atoms with Gasteiger partial charge in [-0.15, -0.1) is 0 Å². The molecule has 7 nitrogen and oxygen atoms in total. The third kappa shape index (κ3) is 3.28. The number of carbonyl (C=O) groups is 1. The lowest BCUT2D eigenvalue weighted by Crippen LogP contribution is -2.39. The molecule has 2 aromatic rings. The third-order valence-electron chi connectivity index (χ3n) is 6.99. The predicted octanol–water partition coefficient (Wildman–Crippen LogP) is 2.67. The number of anilines is 1. The Balaban J connectivity index is 1.39. The molecule has 1 aliphatic carbocycles. The lowest BCUT2D eigenvalue weighted by Gasteiger charge is -2.36. The smallest absolute Gasteiger partial charge is 0.248 e. The molecule has 31 heavy (non-hydrogen) atoms. The monoisotopic (exact) mass is 417 g/mol. The molecule has 0 N–H and O–H groups in total. The average Bonchev–Trinajstić information content (AvgIpc) is 3.17. The number of hydrogen-bond acceptors (Lipinski definition) is 5. The lowest BCUT2D eigenvalue weighted by atomic mass is 9.83. The van der Waals surface area contributed by atoms with Gasteiger partial charge in [-0.05, 0) is 30.9 Å². The number of carbonyl (C=O) groups excluding carboxylic acids is 1. The number of aromatic nitrogens is 2. The highest BCUT2D eigenvalue weighted by molar-refractivity contribution is 6.06. The topological polar surface area (TPSA) is 63.0 Å². The standard InChI is InChI=1S/C24H27N5O2/c30-24-14-25-23(28-15-20(26-16-28)17-3-1-4-17)13-22-18-5-2-6-21(19(18)7-8-29(22)24)27-9-11-31-12-10-27/h2,5-6,13,15-17H,1,3-4,7-12,14H2. The van der Waals surface area contributed by atoms with Crippen LogP contribution in [0.3, 0.4) is 0 Å². The minimum absolute atomic E-state index is 0.0583. The van der Waals surface area contributed by atoms with Crippen molar-refractivity contribution in [2.75, 3.05) is 44.3 Å². The van der Waals surface area contributed by atoms with Gasteiger partial charge < -0.3 is 14.5 Å². The van der Waals surface area contributed by atoms with E-state index in [0.29, 0.717) is 12.5 Å². The molecular formula is C24H27N5O2. The summed E-state index contributed by atoms with van der Waals surface area (Å²) in [5.74, 6) is 1.42. The van der Waals surface area contributed by atoms with Gasteiger partial charge in [0.05, 0.1) is 24.6 Å². The van der Waals surface area contributed by atoms with Crippen molar-refractivity contribution in [3.05, 3.63) is 53.6 Å². The molecule has 1 saturated carbocycles. The molecule has 4 heterocycles. The van der Waals surface area contributed by atoms with Crippen molar-refractivity contribution in [2.45, 2.75) is 31.6 Å². The molecular weight excluding hydrogens is 390 g/mol. The van der Waals surface area contributed by atoms with Crippen LogP contribution >= 0.6 is 0 Å². The Hall–Kier alpha value is -2.93. The summed E-state index contributed by atoms with van der Waals surface area (Å²) in [6.07, 6.45) is 10.6. The van der Waals surface area contributed by atoms with E-state index in [-0.39, 0.29) is 12.5 Å². The second kappa shape index (κ2) is 7.64. The number of rotatable bonds is 2. The van der Waals surface area contributed by atoms with Gasteiger partial charge in [-0.3, -0.25) is 14.4 Å². The summed E-state index contributed by atoms with van der Waals surface area (Å²) < 4.78 is 7.53. The summed E-state index contributed by atoms with van der Waals surface area (Å²) in [5, 5.41) is 0. The van der Waals surface area contributed by atoms with Crippen LogP contribution in [0.4, 0.5) is 5.69 Å². The van der Waals surface area contributed by atoms with E-state index in [1.54, 1.807) is 0 Å². The van der Waals surface area contributed by atoms with Crippen molar-refractivity contribution in [2.24, 2.45) is 4.99 Å². The second-order valence-electron chi connectivity index (χ2n) is 8.74. The van der Waals surface area contributed by atoms with Crippen molar-refractivity contribution < 1.29 is 9.53 Å². The number of hydrogen-bond donors (Lipinski definition) is 0.